The summed E-state index contributed by atoms with van der Waals surface area (Å²) < 4.78 is 0. The molecule has 1 fully saturated rings. The number of nitrogens with zero attached hydrogens (tertiary/aromatic N) is 4. The van der Waals surface area contributed by atoms with Crippen molar-refractivity contribution < 1.29 is 4.79 Å². The van der Waals surface area contributed by atoms with Crippen molar-refractivity contribution in [2.75, 3.05) is 19.6 Å². The zero-order chi connectivity index (χ0) is 19.6. The van der Waals surface area contributed by atoms with Gasteiger partial charge in [0.25, 0.3) is 5.91 Å². The van der Waals surface area contributed by atoms with E-state index in [1.54, 1.807) is 29.8 Å². The van der Waals surface area contributed by atoms with Crippen LogP contribution in [0, 0.1) is 0 Å². The molecule has 1 atom stereocenters. The maximum absolute atomic E-state index is 13.3. The van der Waals surface area contributed by atoms with Crippen LogP contribution in [-0.4, -0.2) is 50.3 Å². The van der Waals surface area contributed by atoms with Gasteiger partial charge in [-0.05, 0) is 35.7 Å². The van der Waals surface area contributed by atoms with Crippen molar-refractivity contribution in [2.24, 2.45) is 0 Å². The number of thiophene rings is 1. The summed E-state index contributed by atoms with van der Waals surface area (Å²) in [5, 5.41) is 2.11. The lowest BCUT2D eigenvalue weighted by molar-refractivity contribution is 0.0419. The van der Waals surface area contributed by atoms with Gasteiger partial charge in [0, 0.05) is 43.4 Å². The number of carbonyl (C=O) groups excluding carboxylic acids is 1. The first-order valence-electron chi connectivity index (χ1n) is 9.68. The third kappa shape index (κ3) is 3.66. The molecule has 4 aromatic rings. The summed E-state index contributed by atoms with van der Waals surface area (Å²) in [5.74, 6) is 0.832. The minimum absolute atomic E-state index is 0.000621. The van der Waals surface area contributed by atoms with Gasteiger partial charge in [-0.15, -0.1) is 11.3 Å². The molecule has 1 N–H and O–H groups in total. The second-order valence-corrected chi connectivity index (χ2v) is 8.24. The second kappa shape index (κ2) is 7.77. The first kappa shape index (κ1) is 18.0. The molecule has 0 radical (unpaired) electrons. The number of aromatic amines is 1. The predicted molar refractivity (Wildman–Crippen MR) is 114 cm³/mol. The number of aromatic nitrogens is 3. The van der Waals surface area contributed by atoms with Crippen LogP contribution in [-0.2, 0) is 6.54 Å². The van der Waals surface area contributed by atoms with Crippen molar-refractivity contribution in [3.05, 3.63) is 82.6 Å². The Balaban J connectivity index is 1.47. The van der Waals surface area contributed by atoms with Crippen molar-refractivity contribution >= 4 is 28.3 Å². The number of imidazole rings is 1. The zero-order valence-electron chi connectivity index (χ0n) is 15.9. The van der Waals surface area contributed by atoms with Gasteiger partial charge in [-0.2, -0.15) is 0 Å². The van der Waals surface area contributed by atoms with Gasteiger partial charge in [0.2, 0.25) is 0 Å². The average molecular weight is 404 g/mol. The number of fused-ring (bicyclic) bond motifs is 1. The highest BCUT2D eigenvalue weighted by molar-refractivity contribution is 7.09. The van der Waals surface area contributed by atoms with Gasteiger partial charge in [0.15, 0.2) is 0 Å². The molecular formula is C22H21N5OS. The van der Waals surface area contributed by atoms with Gasteiger partial charge in [0.05, 0.1) is 16.6 Å². The predicted octanol–water partition coefficient (Wildman–Crippen LogP) is 3.72. The number of H-pyrrole nitrogens is 1. The maximum atomic E-state index is 13.3. The summed E-state index contributed by atoms with van der Waals surface area (Å²) in [6, 6.07) is 15.7. The number of benzene rings is 1. The minimum atomic E-state index is -0.135. The largest absolute Gasteiger partial charge is 0.340 e. The Morgan fingerprint density at radius 3 is 2.86 bits per heavy atom. The molecule has 1 aliphatic heterocycles. The summed E-state index contributed by atoms with van der Waals surface area (Å²) in [6.45, 7) is 3.12. The van der Waals surface area contributed by atoms with E-state index < -0.39 is 0 Å². The summed E-state index contributed by atoms with van der Waals surface area (Å²) in [5.41, 5.74) is 2.53. The molecule has 5 rings (SSSR count). The van der Waals surface area contributed by atoms with Crippen LogP contribution in [0.25, 0.3) is 11.0 Å². The topological polar surface area (TPSA) is 65.1 Å². The summed E-state index contributed by atoms with van der Waals surface area (Å²) in [7, 11) is 0. The molecule has 1 unspecified atom stereocenters. The molecule has 1 saturated heterocycles. The highest BCUT2D eigenvalue weighted by Gasteiger charge is 2.34. The summed E-state index contributed by atoms with van der Waals surface area (Å²) in [4.78, 5) is 31.3. The first-order chi connectivity index (χ1) is 14.3. The highest BCUT2D eigenvalue weighted by atomic mass is 32.1. The standard InChI is InChI=1S/C22H21N5OS/c28-22(16-5-3-9-23-13-16)27-11-10-26(14-17-6-4-12-29-17)15-20(27)21-24-18-7-1-2-8-19(18)25-21/h1-9,12-13,20H,10-11,14-15H2,(H,24,25). The first-order valence-corrected chi connectivity index (χ1v) is 10.6. The van der Waals surface area contributed by atoms with E-state index >= 15 is 0 Å². The van der Waals surface area contributed by atoms with Gasteiger partial charge in [-0.25, -0.2) is 4.98 Å². The lowest BCUT2D eigenvalue weighted by Crippen LogP contribution is -2.50. The van der Waals surface area contributed by atoms with Crippen molar-refractivity contribution in [2.45, 2.75) is 12.6 Å². The Kier molecular flexibility index (Phi) is 4.83. The third-order valence-electron chi connectivity index (χ3n) is 5.32. The van der Waals surface area contributed by atoms with Gasteiger partial charge in [-0.3, -0.25) is 14.7 Å². The number of pyridine rings is 1. The normalized spacial score (nSPS) is 17.7. The molecule has 6 nitrogen and oxygen atoms in total. The number of amides is 1. The van der Waals surface area contributed by atoms with E-state index in [4.69, 9.17) is 4.98 Å². The van der Waals surface area contributed by atoms with Crippen LogP contribution in [0.5, 0.6) is 0 Å². The van der Waals surface area contributed by atoms with Crippen LogP contribution in [0.1, 0.15) is 27.1 Å². The Bertz CT molecular complexity index is 1080. The monoisotopic (exact) mass is 403 g/mol. The quantitative estimate of drug-likeness (QED) is 0.564. The molecule has 3 aromatic heterocycles. The van der Waals surface area contributed by atoms with E-state index in [1.165, 1.54) is 4.88 Å². The Morgan fingerprint density at radius 1 is 1.14 bits per heavy atom. The SMILES string of the molecule is O=C(c1cccnc1)N1CCN(Cc2cccs2)CC1c1nc2ccccc2[nH]1. The highest BCUT2D eigenvalue weighted by Crippen LogP contribution is 2.28. The fourth-order valence-corrected chi connectivity index (χ4v) is 4.61. The van der Waals surface area contributed by atoms with Gasteiger partial charge < -0.3 is 9.88 Å². The van der Waals surface area contributed by atoms with Crippen molar-refractivity contribution in [3.8, 4) is 0 Å². The molecule has 0 saturated carbocycles. The third-order valence-corrected chi connectivity index (χ3v) is 6.18. The van der Waals surface area contributed by atoms with Crippen molar-refractivity contribution in [3.63, 3.8) is 0 Å². The van der Waals surface area contributed by atoms with E-state index in [-0.39, 0.29) is 11.9 Å². The molecular weight excluding hydrogens is 382 g/mol. The molecule has 0 aliphatic carbocycles. The molecule has 29 heavy (non-hydrogen) atoms. The van der Waals surface area contributed by atoms with Crippen molar-refractivity contribution in [1.82, 2.24) is 24.8 Å². The lowest BCUT2D eigenvalue weighted by Gasteiger charge is -2.40. The number of piperazine rings is 1. The van der Waals surface area contributed by atoms with E-state index in [2.05, 4.69) is 32.4 Å². The van der Waals surface area contributed by atoms with E-state index in [0.717, 1.165) is 36.5 Å². The lowest BCUT2D eigenvalue weighted by atomic mass is 10.1. The molecule has 0 spiro atoms. The fraction of sp³-hybridized carbons (Fsp3) is 0.227. The van der Waals surface area contributed by atoms with E-state index in [1.807, 2.05) is 35.2 Å². The van der Waals surface area contributed by atoms with Crippen LogP contribution in [0.2, 0.25) is 0 Å². The molecule has 4 heterocycles. The molecule has 1 amide bonds. The summed E-state index contributed by atoms with van der Waals surface area (Å²) in [6.07, 6.45) is 3.32. The van der Waals surface area contributed by atoms with Crippen LogP contribution < -0.4 is 0 Å². The van der Waals surface area contributed by atoms with Crippen LogP contribution in [0.3, 0.4) is 0 Å². The second-order valence-electron chi connectivity index (χ2n) is 7.21. The van der Waals surface area contributed by atoms with Gasteiger partial charge in [0.1, 0.15) is 11.9 Å². The fourth-order valence-electron chi connectivity index (χ4n) is 3.87. The average Bonchev–Trinajstić information content (AvgIpc) is 3.43. The zero-order valence-corrected chi connectivity index (χ0v) is 16.7. The minimum Gasteiger partial charge on any atom is -0.340 e. The molecule has 1 aromatic carbocycles. The van der Waals surface area contributed by atoms with Gasteiger partial charge >= 0.3 is 0 Å². The molecule has 1 aliphatic rings. The molecule has 146 valence electrons. The van der Waals surface area contributed by atoms with Crippen LogP contribution in [0.15, 0.2) is 66.3 Å². The number of carbonyl (C=O) groups is 1. The molecule has 0 bridgehead atoms. The molecule has 7 heteroatoms. The Morgan fingerprint density at radius 2 is 2.07 bits per heavy atom. The Hall–Kier alpha value is -3.03. The number of rotatable bonds is 4. The summed E-state index contributed by atoms with van der Waals surface area (Å²) >= 11 is 1.77. The van der Waals surface area contributed by atoms with E-state index in [0.29, 0.717) is 12.1 Å². The van der Waals surface area contributed by atoms with Crippen molar-refractivity contribution in [1.29, 1.82) is 0 Å². The number of para-hydroxylation sites is 2. The van der Waals surface area contributed by atoms with E-state index in [9.17, 15) is 4.79 Å². The number of hydrogen-bond donors (Lipinski definition) is 1. The maximum Gasteiger partial charge on any atom is 0.256 e. The van der Waals surface area contributed by atoms with Crippen LogP contribution >= 0.6 is 11.3 Å². The number of hydrogen-bond acceptors (Lipinski definition) is 5. The Labute approximate surface area is 172 Å². The van der Waals surface area contributed by atoms with Gasteiger partial charge in [-0.1, -0.05) is 18.2 Å². The smallest absolute Gasteiger partial charge is 0.256 e. The number of nitrogens with one attached hydrogen (secondary N) is 1. The van der Waals surface area contributed by atoms with Crippen LogP contribution in [0.4, 0.5) is 0 Å².